The van der Waals surface area contributed by atoms with Crippen LogP contribution in [-0.4, -0.2) is 8.42 Å². The summed E-state index contributed by atoms with van der Waals surface area (Å²) in [4.78, 5) is 0. The minimum absolute atomic E-state index is 0.387. The van der Waals surface area contributed by atoms with Crippen molar-refractivity contribution < 1.29 is 11.5 Å². The van der Waals surface area contributed by atoms with Gasteiger partial charge in [0, 0.05) is 0 Å². The highest BCUT2D eigenvalue weighted by molar-refractivity contribution is 14.1. The SMILES string of the molecule is NS(N)(=O)=O.O=Ic1cc(Cl)c(Cl)cc1Cl. The van der Waals surface area contributed by atoms with E-state index in [4.69, 9.17) is 34.8 Å². The summed E-state index contributed by atoms with van der Waals surface area (Å²) in [6.07, 6.45) is 0. The van der Waals surface area contributed by atoms with Crippen LogP contribution in [0.2, 0.25) is 15.1 Å². The van der Waals surface area contributed by atoms with Crippen molar-refractivity contribution in [3.63, 3.8) is 0 Å². The molecule has 0 aliphatic rings. The molecule has 0 heterocycles. The molecule has 1 rings (SSSR count). The van der Waals surface area contributed by atoms with Gasteiger partial charge in [-0.3, -0.25) is 3.07 Å². The predicted octanol–water partition coefficient (Wildman–Crippen LogP) is 2.28. The van der Waals surface area contributed by atoms with Crippen LogP contribution in [0.1, 0.15) is 0 Å². The van der Waals surface area contributed by atoms with E-state index in [0.29, 0.717) is 18.6 Å². The van der Waals surface area contributed by atoms with Gasteiger partial charge in [0.1, 0.15) is 0 Å². The summed E-state index contributed by atoms with van der Waals surface area (Å²) < 4.78 is 29.5. The van der Waals surface area contributed by atoms with Gasteiger partial charge in [0.05, 0.1) is 18.6 Å². The molecule has 10 heteroatoms. The molecule has 5 nitrogen and oxygen atoms in total. The van der Waals surface area contributed by atoms with Crippen LogP contribution in [0.15, 0.2) is 12.1 Å². The number of hydrogen-bond acceptors (Lipinski definition) is 3. The fourth-order valence-electron chi connectivity index (χ4n) is 0.557. The van der Waals surface area contributed by atoms with Gasteiger partial charge in [0.2, 0.25) is 0 Å². The number of hydrogen-bond donors (Lipinski definition) is 2. The number of nitrogens with two attached hydrogens (primary N) is 2. The molecule has 0 aliphatic heterocycles. The van der Waals surface area contributed by atoms with Crippen LogP contribution in [0.5, 0.6) is 0 Å². The smallest absolute Gasteiger partial charge is 0.265 e. The van der Waals surface area contributed by atoms with Crippen molar-refractivity contribution >= 4 is 66.2 Å². The molecule has 0 aromatic heterocycles. The Hall–Kier alpha value is 0.490. The molecule has 0 radical (unpaired) electrons. The van der Waals surface area contributed by atoms with Gasteiger partial charge in [0.15, 0.2) is 21.2 Å². The van der Waals surface area contributed by atoms with E-state index < -0.39 is 31.4 Å². The first-order chi connectivity index (χ1) is 7.15. The molecule has 0 unspecified atom stereocenters. The van der Waals surface area contributed by atoms with Crippen LogP contribution in [0.4, 0.5) is 0 Å². The van der Waals surface area contributed by atoms with Crippen molar-refractivity contribution in [2.24, 2.45) is 10.3 Å². The van der Waals surface area contributed by atoms with Crippen molar-refractivity contribution in [1.29, 1.82) is 0 Å². The van der Waals surface area contributed by atoms with E-state index in [9.17, 15) is 11.5 Å². The molecule has 4 N–H and O–H groups in total. The fraction of sp³-hybridized carbons (Fsp3) is 0. The highest BCUT2D eigenvalue weighted by atomic mass is 127. The average Bonchev–Trinajstić information content (AvgIpc) is 2.08. The first kappa shape index (κ1) is 16.5. The van der Waals surface area contributed by atoms with Crippen LogP contribution < -0.4 is 10.3 Å². The lowest BCUT2D eigenvalue weighted by molar-refractivity contribution is 0.599. The second kappa shape index (κ2) is 7.04. The maximum Gasteiger partial charge on any atom is 0.271 e. The maximum atomic E-state index is 10.5. The van der Waals surface area contributed by atoms with E-state index >= 15 is 0 Å². The van der Waals surface area contributed by atoms with Crippen LogP contribution in [0.25, 0.3) is 0 Å². The van der Waals surface area contributed by atoms with Crippen LogP contribution in [0.3, 0.4) is 0 Å². The summed E-state index contributed by atoms with van der Waals surface area (Å²) in [5.74, 6) is 0. The Morgan fingerprint density at radius 1 is 1.00 bits per heavy atom. The zero-order valence-electron chi connectivity index (χ0n) is 7.45. The fourth-order valence-corrected chi connectivity index (χ4v) is 2.29. The third-order valence-electron chi connectivity index (χ3n) is 1.05. The summed E-state index contributed by atoms with van der Waals surface area (Å²) in [6.45, 7) is 0. The second-order valence-electron chi connectivity index (χ2n) is 2.35. The lowest BCUT2D eigenvalue weighted by Crippen LogP contribution is -2.21. The molecule has 0 atom stereocenters. The largest absolute Gasteiger partial charge is 0.271 e. The van der Waals surface area contributed by atoms with Gasteiger partial charge in [-0.1, -0.05) is 34.8 Å². The zero-order chi connectivity index (χ0) is 12.9. The standard InChI is InChI=1S/C6H2Cl3IO.H4N2O2S/c7-3-1-5(9)6(10-11)2-4(3)8;1-5(2,3)4/h1-2H;(H4,1,2,3,4). The second-order valence-corrected chi connectivity index (χ2v) is 6.35. The van der Waals surface area contributed by atoms with E-state index in [1.807, 2.05) is 0 Å². The summed E-state index contributed by atoms with van der Waals surface area (Å²) in [5.41, 5.74) is 0. The maximum absolute atomic E-state index is 10.5. The van der Waals surface area contributed by atoms with E-state index in [1.54, 1.807) is 0 Å². The molecule has 0 amide bonds. The highest BCUT2D eigenvalue weighted by Gasteiger charge is 2.04. The Bertz CT molecular complexity index is 486. The first-order valence-electron chi connectivity index (χ1n) is 3.37. The zero-order valence-corrected chi connectivity index (χ0v) is 12.7. The van der Waals surface area contributed by atoms with Crippen molar-refractivity contribution in [2.75, 3.05) is 0 Å². The third-order valence-corrected chi connectivity index (χ3v) is 3.77. The number of halogens is 4. The topological polar surface area (TPSA) is 103 Å². The first-order valence-corrected chi connectivity index (χ1v) is 8.07. The monoisotopic (exact) mass is 418 g/mol. The Kier molecular flexibility index (Phi) is 7.26. The van der Waals surface area contributed by atoms with Gasteiger partial charge in [-0.25, -0.2) is 10.3 Å². The van der Waals surface area contributed by atoms with Crippen molar-refractivity contribution in [1.82, 2.24) is 0 Å². The molecule has 92 valence electrons. The summed E-state index contributed by atoms with van der Waals surface area (Å²) in [5, 5.41) is 9.40. The van der Waals surface area contributed by atoms with E-state index in [1.165, 1.54) is 12.1 Å². The van der Waals surface area contributed by atoms with E-state index in [2.05, 4.69) is 10.3 Å². The number of rotatable bonds is 1. The van der Waals surface area contributed by atoms with Gasteiger partial charge < -0.3 is 0 Å². The molecule has 0 saturated carbocycles. The minimum atomic E-state index is -3.67. The third kappa shape index (κ3) is 7.71. The normalized spacial score (nSPS) is 10.6. The Morgan fingerprint density at radius 3 is 1.75 bits per heavy atom. The van der Waals surface area contributed by atoms with Gasteiger partial charge >= 0.3 is 0 Å². The molecule has 0 spiro atoms. The lowest BCUT2D eigenvalue weighted by atomic mass is 10.4. The molecule has 1 aromatic rings. The highest BCUT2D eigenvalue weighted by Crippen LogP contribution is 2.30. The quantitative estimate of drug-likeness (QED) is 0.539. The predicted molar refractivity (Wildman–Crippen MR) is 72.2 cm³/mol. The molecule has 0 aliphatic carbocycles. The van der Waals surface area contributed by atoms with Gasteiger partial charge in [-0.2, -0.15) is 8.42 Å². The summed E-state index contributed by atoms with van der Waals surface area (Å²) in [6, 6.07) is 3.03. The van der Waals surface area contributed by atoms with Crippen LogP contribution in [-0.2, 0) is 13.3 Å². The molecule has 0 saturated heterocycles. The number of benzene rings is 1. The molecular weight excluding hydrogens is 413 g/mol. The van der Waals surface area contributed by atoms with Crippen molar-refractivity contribution in [2.45, 2.75) is 0 Å². The molecule has 16 heavy (non-hydrogen) atoms. The Balaban J connectivity index is 0.000000385. The van der Waals surface area contributed by atoms with Crippen molar-refractivity contribution in [3.05, 3.63) is 30.8 Å². The van der Waals surface area contributed by atoms with Gasteiger partial charge in [0.25, 0.3) is 10.2 Å². The summed E-state index contributed by atoms with van der Waals surface area (Å²) >= 11 is 15.7. The van der Waals surface area contributed by atoms with E-state index in [0.717, 1.165) is 0 Å². The molecule has 1 aromatic carbocycles. The lowest BCUT2D eigenvalue weighted by Gasteiger charge is -1.97. The Morgan fingerprint density at radius 2 is 1.38 bits per heavy atom. The van der Waals surface area contributed by atoms with Gasteiger partial charge in [-0.15, -0.1) is 0 Å². The van der Waals surface area contributed by atoms with Gasteiger partial charge in [-0.05, 0) is 12.1 Å². The van der Waals surface area contributed by atoms with Crippen molar-refractivity contribution in [3.8, 4) is 0 Å². The van der Waals surface area contributed by atoms with Crippen LogP contribution in [0, 0.1) is 3.57 Å². The van der Waals surface area contributed by atoms with Crippen LogP contribution >= 0.6 is 56.0 Å². The molecule has 0 bridgehead atoms. The Labute approximate surface area is 118 Å². The average molecular weight is 419 g/mol. The minimum Gasteiger partial charge on any atom is -0.265 e. The molecule has 0 fully saturated rings. The van der Waals surface area contributed by atoms with E-state index in [-0.39, 0.29) is 0 Å². The summed E-state index contributed by atoms with van der Waals surface area (Å²) in [7, 11) is -3.67. The molecular formula is C6H6Cl3IN2O3S.